The Morgan fingerprint density at radius 3 is 2.67 bits per heavy atom. The molecule has 0 aliphatic rings. The van der Waals surface area contributed by atoms with Gasteiger partial charge in [0, 0.05) is 6.61 Å². The zero-order valence-electron chi connectivity index (χ0n) is 6.23. The van der Waals surface area contributed by atoms with Gasteiger partial charge in [-0.05, 0) is 13.3 Å². The molecule has 0 fully saturated rings. The van der Waals surface area contributed by atoms with Crippen molar-refractivity contribution in [1.29, 1.82) is 0 Å². The second-order valence-electron chi connectivity index (χ2n) is 2.02. The van der Waals surface area contributed by atoms with Gasteiger partial charge in [-0.2, -0.15) is 0 Å². The van der Waals surface area contributed by atoms with Gasteiger partial charge in [0.1, 0.15) is 0 Å². The molecule has 0 bridgehead atoms. The molecule has 54 valence electrons. The van der Waals surface area contributed by atoms with E-state index >= 15 is 0 Å². The fraction of sp³-hybridized carbons (Fsp3) is 0.750. The van der Waals surface area contributed by atoms with Gasteiger partial charge in [-0.25, -0.2) is 0 Å². The number of rotatable bonds is 6. The van der Waals surface area contributed by atoms with E-state index in [0.717, 1.165) is 13.0 Å². The molecule has 0 unspecified atom stereocenters. The smallest absolute Gasteiger partial charge is 0.0805 e. The van der Waals surface area contributed by atoms with Gasteiger partial charge < -0.3 is 4.74 Å². The Hall–Kier alpha value is -0.0400. The molecule has 0 saturated heterocycles. The zero-order chi connectivity index (χ0) is 6.95. The molecule has 0 saturated carbocycles. The van der Waals surface area contributed by atoms with Crippen molar-refractivity contribution in [2.75, 3.05) is 6.61 Å². The van der Waals surface area contributed by atoms with E-state index in [1.807, 2.05) is 6.92 Å². The molecule has 0 rings (SSSR count). The average Bonchev–Trinajstić information content (AvgIpc) is 1.89. The Balaban J connectivity index is 2.60. The number of hydrogen-bond acceptors (Lipinski definition) is 1. The van der Waals surface area contributed by atoms with E-state index < -0.39 is 0 Å². The van der Waals surface area contributed by atoms with Crippen molar-refractivity contribution < 1.29 is 4.74 Å². The largest absolute Gasteiger partial charge is 0.376 e. The molecule has 0 aliphatic carbocycles. The summed E-state index contributed by atoms with van der Waals surface area (Å²) in [4.78, 5) is 0. The van der Waals surface area contributed by atoms with Gasteiger partial charge >= 0.3 is 0 Å². The highest BCUT2D eigenvalue weighted by atomic mass is 16.5. The van der Waals surface area contributed by atoms with Crippen molar-refractivity contribution in [3.8, 4) is 0 Å². The molecule has 2 radical (unpaired) electrons. The van der Waals surface area contributed by atoms with Crippen LogP contribution in [0.3, 0.4) is 0 Å². The minimum atomic E-state index is 0.872. The van der Waals surface area contributed by atoms with Crippen LogP contribution < -0.4 is 0 Å². The standard InChI is InChI=1S/C8H16O/c1-3-5-6-7-8-9-4-2/h4H,1,3,5-8H2,2H3. The summed E-state index contributed by atoms with van der Waals surface area (Å²) >= 11 is 0. The first-order valence-electron chi connectivity index (χ1n) is 3.60. The van der Waals surface area contributed by atoms with Crippen LogP contribution in [-0.2, 0) is 4.74 Å². The van der Waals surface area contributed by atoms with E-state index in [-0.39, 0.29) is 0 Å². The molecular formula is C8H16O. The summed E-state index contributed by atoms with van der Waals surface area (Å²) < 4.78 is 5.03. The molecule has 0 N–H and O–H groups in total. The Bertz CT molecular complexity index is 37.8. The monoisotopic (exact) mass is 128 g/mol. The summed E-state index contributed by atoms with van der Waals surface area (Å²) in [5.74, 6) is 0. The quantitative estimate of drug-likeness (QED) is 0.499. The van der Waals surface area contributed by atoms with Gasteiger partial charge in [0.2, 0.25) is 0 Å². The van der Waals surface area contributed by atoms with Crippen LogP contribution in [-0.4, -0.2) is 6.61 Å². The van der Waals surface area contributed by atoms with Gasteiger partial charge in [-0.3, -0.25) is 0 Å². The van der Waals surface area contributed by atoms with Gasteiger partial charge in [0.05, 0.1) is 6.61 Å². The predicted octanol–water partition coefficient (Wildman–Crippen LogP) is 2.58. The molecule has 1 heteroatoms. The summed E-state index contributed by atoms with van der Waals surface area (Å²) in [5.41, 5.74) is 0. The van der Waals surface area contributed by atoms with E-state index in [9.17, 15) is 0 Å². The van der Waals surface area contributed by atoms with E-state index in [0.29, 0.717) is 0 Å². The van der Waals surface area contributed by atoms with Crippen molar-refractivity contribution in [3.05, 3.63) is 13.5 Å². The lowest BCUT2D eigenvalue weighted by molar-refractivity contribution is 0.198. The van der Waals surface area contributed by atoms with Crippen molar-refractivity contribution in [3.63, 3.8) is 0 Å². The first-order chi connectivity index (χ1) is 4.41. The van der Waals surface area contributed by atoms with Crippen LogP contribution in [0.2, 0.25) is 0 Å². The van der Waals surface area contributed by atoms with Gasteiger partial charge in [0.15, 0.2) is 0 Å². The molecule has 0 spiro atoms. The third-order valence-electron chi connectivity index (χ3n) is 1.18. The second kappa shape index (κ2) is 7.96. The molecule has 0 amide bonds. The number of unbranched alkanes of at least 4 members (excludes halogenated alkanes) is 3. The number of ether oxygens (including phenoxy) is 1. The molecular weight excluding hydrogens is 112 g/mol. The maximum Gasteiger partial charge on any atom is 0.0805 e. The van der Waals surface area contributed by atoms with Crippen LogP contribution in [0.1, 0.15) is 32.6 Å². The van der Waals surface area contributed by atoms with Crippen LogP contribution in [0.15, 0.2) is 0 Å². The Kier molecular flexibility index (Phi) is 7.92. The van der Waals surface area contributed by atoms with Crippen LogP contribution in [0.5, 0.6) is 0 Å². The second-order valence-corrected chi connectivity index (χ2v) is 2.02. The van der Waals surface area contributed by atoms with Crippen molar-refractivity contribution in [1.82, 2.24) is 0 Å². The Morgan fingerprint density at radius 2 is 2.11 bits per heavy atom. The van der Waals surface area contributed by atoms with Crippen molar-refractivity contribution in [2.24, 2.45) is 0 Å². The first kappa shape index (κ1) is 8.96. The summed E-state index contributed by atoms with van der Waals surface area (Å²) in [6, 6.07) is 0. The van der Waals surface area contributed by atoms with Crippen LogP contribution >= 0.6 is 0 Å². The van der Waals surface area contributed by atoms with Crippen LogP contribution in [0.25, 0.3) is 0 Å². The molecule has 1 nitrogen and oxygen atoms in total. The third kappa shape index (κ3) is 7.96. The van der Waals surface area contributed by atoms with E-state index in [2.05, 4.69) is 6.92 Å². The molecule has 0 aromatic heterocycles. The topological polar surface area (TPSA) is 9.23 Å². The lowest BCUT2D eigenvalue weighted by Gasteiger charge is -1.97. The SMILES string of the molecule is [CH2]CCCCCO[CH]C. The molecule has 0 aromatic rings. The van der Waals surface area contributed by atoms with Crippen LogP contribution in [0.4, 0.5) is 0 Å². The van der Waals surface area contributed by atoms with E-state index in [1.54, 1.807) is 6.61 Å². The lowest BCUT2D eigenvalue weighted by atomic mass is 10.2. The third-order valence-corrected chi connectivity index (χ3v) is 1.18. The van der Waals surface area contributed by atoms with Gasteiger partial charge in [-0.15, -0.1) is 0 Å². The minimum Gasteiger partial charge on any atom is -0.376 e. The average molecular weight is 128 g/mol. The molecule has 0 aliphatic heterocycles. The van der Waals surface area contributed by atoms with Gasteiger partial charge in [0.25, 0.3) is 0 Å². The highest BCUT2D eigenvalue weighted by molar-refractivity contribution is 4.44. The highest BCUT2D eigenvalue weighted by Crippen LogP contribution is 1.98. The molecule has 0 atom stereocenters. The Labute approximate surface area is 58.4 Å². The maximum absolute atomic E-state index is 5.03. The molecule has 0 aromatic carbocycles. The first-order valence-corrected chi connectivity index (χ1v) is 3.60. The fourth-order valence-electron chi connectivity index (χ4n) is 0.657. The van der Waals surface area contributed by atoms with Crippen molar-refractivity contribution in [2.45, 2.75) is 32.6 Å². The summed E-state index contributed by atoms with van der Waals surface area (Å²) in [7, 11) is 0. The van der Waals surface area contributed by atoms with E-state index in [4.69, 9.17) is 4.74 Å². The zero-order valence-corrected chi connectivity index (χ0v) is 6.23. The van der Waals surface area contributed by atoms with Crippen LogP contribution in [0, 0.1) is 13.5 Å². The maximum atomic E-state index is 5.03. The highest BCUT2D eigenvalue weighted by Gasteiger charge is 1.85. The summed E-state index contributed by atoms with van der Waals surface area (Å²) in [5, 5.41) is 0. The molecule has 9 heavy (non-hydrogen) atoms. The minimum absolute atomic E-state index is 0.872. The summed E-state index contributed by atoms with van der Waals surface area (Å²) in [6.07, 6.45) is 4.69. The predicted molar refractivity (Wildman–Crippen MR) is 39.8 cm³/mol. The Morgan fingerprint density at radius 1 is 1.33 bits per heavy atom. The number of hydrogen-bond donors (Lipinski definition) is 0. The molecule has 0 heterocycles. The lowest BCUT2D eigenvalue weighted by Crippen LogP contribution is -1.88. The normalized spacial score (nSPS) is 10.0. The fourth-order valence-corrected chi connectivity index (χ4v) is 0.657. The van der Waals surface area contributed by atoms with Gasteiger partial charge in [-0.1, -0.05) is 26.2 Å². The summed E-state index contributed by atoms with van der Waals surface area (Å²) in [6.45, 7) is 8.27. The van der Waals surface area contributed by atoms with Crippen molar-refractivity contribution >= 4 is 0 Å². The van der Waals surface area contributed by atoms with E-state index in [1.165, 1.54) is 19.3 Å².